The molecule has 0 unspecified atom stereocenters. The maximum absolute atomic E-state index is 2.42. The van der Waals surface area contributed by atoms with Crippen molar-refractivity contribution in [1.82, 2.24) is 0 Å². The summed E-state index contributed by atoms with van der Waals surface area (Å²) in [6.45, 7) is 0. The van der Waals surface area contributed by atoms with Gasteiger partial charge in [-0.15, -0.1) is 22.7 Å². The van der Waals surface area contributed by atoms with E-state index in [9.17, 15) is 0 Å². The quantitative estimate of drug-likeness (QED) is 0.168. The molecule has 0 aliphatic carbocycles. The van der Waals surface area contributed by atoms with E-state index in [2.05, 4.69) is 193 Å². The molecule has 0 aliphatic rings. The van der Waals surface area contributed by atoms with Gasteiger partial charge in [-0.25, -0.2) is 0 Å². The molecule has 8 aromatic carbocycles. The Labute approximate surface area is 304 Å². The van der Waals surface area contributed by atoms with Gasteiger partial charge < -0.3 is 4.90 Å². The molecular weight excluding hydrogens is 655 g/mol. The summed E-state index contributed by atoms with van der Waals surface area (Å²) in [6, 6.07) is 68.5. The zero-order valence-electron chi connectivity index (χ0n) is 27.7. The van der Waals surface area contributed by atoms with Gasteiger partial charge in [0.15, 0.2) is 0 Å². The molecule has 0 spiro atoms. The molecule has 0 aliphatic heterocycles. The first-order valence-corrected chi connectivity index (χ1v) is 18.9. The number of hydrogen-bond acceptors (Lipinski definition) is 3. The third kappa shape index (κ3) is 5.21. The van der Waals surface area contributed by atoms with Crippen LogP contribution < -0.4 is 4.90 Å². The topological polar surface area (TPSA) is 3.24 Å². The molecular formula is C48H31NS2. The SMILES string of the molecule is c1ccc(-c2ccc(N(c3ccc(-c4ccccc4)cc3)c3cc(-c4cccc5c4sc4ccccc45)c4sc5ccccc5c4c3)cc2)cc1. The van der Waals surface area contributed by atoms with E-state index in [-0.39, 0.29) is 0 Å². The Morgan fingerprint density at radius 1 is 0.294 bits per heavy atom. The molecule has 3 heteroatoms. The van der Waals surface area contributed by atoms with Gasteiger partial charge >= 0.3 is 0 Å². The summed E-state index contributed by atoms with van der Waals surface area (Å²) in [5.74, 6) is 0. The molecule has 0 amide bonds. The summed E-state index contributed by atoms with van der Waals surface area (Å²) in [6.07, 6.45) is 0. The zero-order chi connectivity index (χ0) is 33.7. The predicted octanol–water partition coefficient (Wildman–Crippen LogP) is 14.9. The Kier molecular flexibility index (Phi) is 7.26. The van der Waals surface area contributed by atoms with Crippen LogP contribution in [0, 0.1) is 0 Å². The lowest BCUT2D eigenvalue weighted by Crippen LogP contribution is -2.10. The number of anilines is 3. The highest BCUT2D eigenvalue weighted by Crippen LogP contribution is 2.48. The van der Waals surface area contributed by atoms with Crippen molar-refractivity contribution in [2.75, 3.05) is 4.90 Å². The minimum Gasteiger partial charge on any atom is -0.310 e. The van der Waals surface area contributed by atoms with E-state index in [1.807, 2.05) is 22.7 Å². The predicted molar refractivity (Wildman–Crippen MR) is 223 cm³/mol. The fourth-order valence-corrected chi connectivity index (χ4v) is 9.86. The number of hydrogen-bond donors (Lipinski definition) is 0. The van der Waals surface area contributed by atoms with Crippen LogP contribution in [0.5, 0.6) is 0 Å². The highest BCUT2D eigenvalue weighted by Gasteiger charge is 2.21. The van der Waals surface area contributed by atoms with Crippen LogP contribution in [-0.2, 0) is 0 Å². The fraction of sp³-hybridized carbons (Fsp3) is 0. The summed E-state index contributed by atoms with van der Waals surface area (Å²) < 4.78 is 5.28. The number of rotatable bonds is 6. The lowest BCUT2D eigenvalue weighted by Gasteiger charge is -2.27. The summed E-state index contributed by atoms with van der Waals surface area (Å²) in [7, 11) is 0. The molecule has 2 heterocycles. The first-order valence-electron chi connectivity index (χ1n) is 17.3. The molecule has 0 fully saturated rings. The van der Waals surface area contributed by atoms with Crippen LogP contribution in [0.2, 0.25) is 0 Å². The molecule has 0 radical (unpaired) electrons. The monoisotopic (exact) mass is 685 g/mol. The van der Waals surface area contributed by atoms with Gasteiger partial charge in [0.05, 0.1) is 0 Å². The average Bonchev–Trinajstić information content (AvgIpc) is 3.78. The Bertz CT molecular complexity index is 2750. The van der Waals surface area contributed by atoms with E-state index in [4.69, 9.17) is 0 Å². The van der Waals surface area contributed by atoms with Gasteiger partial charge in [-0.3, -0.25) is 0 Å². The van der Waals surface area contributed by atoms with Gasteiger partial charge in [-0.1, -0.05) is 140 Å². The molecule has 2 aromatic heterocycles. The lowest BCUT2D eigenvalue weighted by atomic mass is 9.98. The second-order valence-corrected chi connectivity index (χ2v) is 15.0. The normalized spacial score (nSPS) is 11.5. The average molecular weight is 686 g/mol. The Balaban J connectivity index is 1.22. The van der Waals surface area contributed by atoms with Crippen LogP contribution in [0.1, 0.15) is 0 Å². The van der Waals surface area contributed by atoms with Crippen molar-refractivity contribution >= 4 is 80.1 Å². The maximum Gasteiger partial charge on any atom is 0.0475 e. The molecule has 0 saturated carbocycles. The van der Waals surface area contributed by atoms with Gasteiger partial charge in [-0.05, 0) is 70.8 Å². The minimum atomic E-state index is 1.12. The largest absolute Gasteiger partial charge is 0.310 e. The van der Waals surface area contributed by atoms with Crippen molar-refractivity contribution in [2.45, 2.75) is 0 Å². The molecule has 51 heavy (non-hydrogen) atoms. The van der Waals surface area contributed by atoms with Crippen molar-refractivity contribution in [1.29, 1.82) is 0 Å². The van der Waals surface area contributed by atoms with Gasteiger partial charge in [0.1, 0.15) is 0 Å². The van der Waals surface area contributed by atoms with Crippen molar-refractivity contribution in [3.8, 4) is 33.4 Å². The molecule has 0 saturated heterocycles. The highest BCUT2D eigenvalue weighted by molar-refractivity contribution is 7.27. The summed E-state index contributed by atoms with van der Waals surface area (Å²) in [4.78, 5) is 2.42. The molecule has 1 nitrogen and oxygen atoms in total. The van der Waals surface area contributed by atoms with E-state index >= 15 is 0 Å². The standard InChI is InChI=1S/C48H31NS2/c1-3-12-32(13-4-1)34-22-26-36(27-23-34)49(37-28-24-35(25-29-37)33-14-5-2-6-15-33)38-30-43-40-17-8-10-21-46(40)51-48(43)44(31-38)42-19-11-18-41-39-16-7-9-20-45(39)50-47(41)42/h1-31H. The van der Waals surface area contributed by atoms with E-state index in [1.54, 1.807) is 0 Å². The molecule has 0 N–H and O–H groups in total. The van der Waals surface area contributed by atoms with Crippen LogP contribution in [0.15, 0.2) is 188 Å². The summed E-state index contributed by atoms with van der Waals surface area (Å²) in [5.41, 5.74) is 10.8. The van der Waals surface area contributed by atoms with Crippen molar-refractivity contribution < 1.29 is 0 Å². The number of thiophene rings is 2. The fourth-order valence-electron chi connectivity index (χ4n) is 7.41. The van der Waals surface area contributed by atoms with Crippen molar-refractivity contribution in [2.24, 2.45) is 0 Å². The Morgan fingerprint density at radius 2 is 0.745 bits per heavy atom. The third-order valence-corrected chi connectivity index (χ3v) is 12.3. The van der Waals surface area contributed by atoms with Crippen LogP contribution in [0.4, 0.5) is 17.1 Å². The molecule has 10 aromatic rings. The summed E-state index contributed by atoms with van der Waals surface area (Å²) in [5, 5.41) is 5.22. The second kappa shape index (κ2) is 12.4. The van der Waals surface area contributed by atoms with E-state index in [0.29, 0.717) is 0 Å². The first kappa shape index (κ1) is 29.9. The van der Waals surface area contributed by atoms with Gasteiger partial charge in [-0.2, -0.15) is 0 Å². The summed E-state index contributed by atoms with van der Waals surface area (Å²) >= 11 is 3.79. The molecule has 0 bridgehead atoms. The number of fused-ring (bicyclic) bond motifs is 6. The molecule has 0 atom stereocenters. The second-order valence-electron chi connectivity index (χ2n) is 12.9. The minimum absolute atomic E-state index is 1.12. The highest BCUT2D eigenvalue weighted by atomic mass is 32.1. The van der Waals surface area contributed by atoms with Crippen LogP contribution in [0.25, 0.3) is 73.7 Å². The van der Waals surface area contributed by atoms with Crippen LogP contribution in [0.3, 0.4) is 0 Å². The lowest BCUT2D eigenvalue weighted by molar-refractivity contribution is 1.29. The Hall–Kier alpha value is -6.00. The molecule has 240 valence electrons. The first-order chi connectivity index (χ1) is 25.3. The van der Waals surface area contributed by atoms with E-state index in [1.165, 1.54) is 73.7 Å². The number of nitrogens with zero attached hydrogens (tertiary/aromatic N) is 1. The van der Waals surface area contributed by atoms with Crippen molar-refractivity contribution in [3.05, 3.63) is 188 Å². The zero-order valence-corrected chi connectivity index (χ0v) is 29.3. The van der Waals surface area contributed by atoms with Gasteiger partial charge in [0.25, 0.3) is 0 Å². The van der Waals surface area contributed by atoms with Gasteiger partial charge in [0.2, 0.25) is 0 Å². The van der Waals surface area contributed by atoms with Gasteiger partial charge in [0, 0.05) is 68.5 Å². The number of benzene rings is 8. The van der Waals surface area contributed by atoms with Crippen molar-refractivity contribution in [3.63, 3.8) is 0 Å². The van der Waals surface area contributed by atoms with E-state index in [0.717, 1.165) is 17.1 Å². The Morgan fingerprint density at radius 3 is 1.31 bits per heavy atom. The molecule has 10 rings (SSSR count). The van der Waals surface area contributed by atoms with Crippen LogP contribution >= 0.6 is 22.7 Å². The maximum atomic E-state index is 2.42. The third-order valence-electron chi connectivity index (χ3n) is 9.88. The van der Waals surface area contributed by atoms with Crippen LogP contribution in [-0.4, -0.2) is 0 Å². The van der Waals surface area contributed by atoms with E-state index < -0.39 is 0 Å². The smallest absolute Gasteiger partial charge is 0.0475 e.